The molecule has 2 atom stereocenters. The Hall–Kier alpha value is -1.88. The number of aromatic carboxylic acids is 1. The summed E-state index contributed by atoms with van der Waals surface area (Å²) in [5, 5.41) is 9.10. The number of carboxylic acids is 1. The van der Waals surface area contributed by atoms with E-state index in [0.29, 0.717) is 6.42 Å². The molecule has 1 aromatic carbocycles. The Morgan fingerprint density at radius 3 is 2.44 bits per heavy atom. The van der Waals surface area contributed by atoms with E-state index in [9.17, 15) is 14.4 Å². The molecule has 2 amide bonds. The lowest BCUT2D eigenvalue weighted by Crippen LogP contribution is -2.33. The Bertz CT molecular complexity index is 578. The first-order chi connectivity index (χ1) is 8.50. The Morgan fingerprint density at radius 2 is 1.89 bits per heavy atom. The van der Waals surface area contributed by atoms with Gasteiger partial charge >= 0.3 is 5.97 Å². The van der Waals surface area contributed by atoms with Crippen LogP contribution in [0, 0.1) is 11.8 Å². The largest absolute Gasteiger partial charge is 0.478 e. The van der Waals surface area contributed by atoms with Crippen molar-refractivity contribution >= 4 is 35.1 Å². The van der Waals surface area contributed by atoms with E-state index >= 15 is 0 Å². The number of carboxylic acid groups (broad SMARTS) is 1. The van der Waals surface area contributed by atoms with Crippen LogP contribution < -0.4 is 4.90 Å². The highest BCUT2D eigenvalue weighted by molar-refractivity contribution is 6.36. The van der Waals surface area contributed by atoms with Crippen molar-refractivity contribution in [2.24, 2.45) is 11.8 Å². The van der Waals surface area contributed by atoms with Crippen molar-refractivity contribution in [3.05, 3.63) is 28.8 Å². The second-order valence-corrected chi connectivity index (χ2v) is 4.84. The first-order valence-electron chi connectivity index (χ1n) is 5.41. The number of fused-ring (bicyclic) bond motifs is 1. The number of carbonyl (C=O) groups excluding carboxylic acids is 2. The van der Waals surface area contributed by atoms with Crippen LogP contribution in [0.3, 0.4) is 0 Å². The highest BCUT2D eigenvalue weighted by atomic mass is 35.5. The topological polar surface area (TPSA) is 74.7 Å². The number of piperidine rings is 1. The molecule has 1 saturated heterocycles. The lowest BCUT2D eigenvalue weighted by molar-refractivity contribution is -0.123. The number of benzene rings is 1. The van der Waals surface area contributed by atoms with Crippen LogP contribution in [0.4, 0.5) is 5.69 Å². The molecule has 0 radical (unpaired) electrons. The van der Waals surface area contributed by atoms with Crippen LogP contribution in [-0.4, -0.2) is 22.9 Å². The average Bonchev–Trinajstić information content (AvgIpc) is 3.06. The fourth-order valence-electron chi connectivity index (χ4n) is 2.24. The van der Waals surface area contributed by atoms with E-state index in [-0.39, 0.29) is 39.9 Å². The van der Waals surface area contributed by atoms with E-state index in [1.807, 2.05) is 0 Å². The fourth-order valence-corrected chi connectivity index (χ4v) is 2.44. The third-order valence-electron chi connectivity index (χ3n) is 3.30. The van der Waals surface area contributed by atoms with Crippen LogP contribution in [0.15, 0.2) is 18.2 Å². The summed E-state index contributed by atoms with van der Waals surface area (Å²) in [6, 6.07) is 3.97. The van der Waals surface area contributed by atoms with Gasteiger partial charge in [0.1, 0.15) is 0 Å². The molecule has 0 spiro atoms. The van der Waals surface area contributed by atoms with E-state index in [1.54, 1.807) is 0 Å². The molecule has 92 valence electrons. The molecule has 1 aromatic rings. The minimum Gasteiger partial charge on any atom is -0.478 e. The number of halogens is 1. The SMILES string of the molecule is O=C(O)c1ccc(Cl)c(N2C(=O)C3CC3C2=O)c1. The maximum Gasteiger partial charge on any atom is 0.335 e. The normalized spacial score (nSPS) is 25.3. The highest BCUT2D eigenvalue weighted by Gasteiger charge is 2.59. The summed E-state index contributed by atoms with van der Waals surface area (Å²) >= 11 is 5.94. The van der Waals surface area contributed by atoms with Gasteiger partial charge in [-0.1, -0.05) is 11.6 Å². The average molecular weight is 266 g/mol. The molecule has 0 aromatic heterocycles. The lowest BCUT2D eigenvalue weighted by Gasteiger charge is -2.18. The number of carbonyl (C=O) groups is 3. The second kappa shape index (κ2) is 3.55. The number of rotatable bonds is 2. The molecule has 6 heteroatoms. The molecular weight excluding hydrogens is 258 g/mol. The standard InChI is InChI=1S/C12H8ClNO4/c13-8-2-1-5(12(17)18)3-9(8)14-10(15)6-4-7(6)11(14)16/h1-3,6-7H,4H2,(H,17,18). The van der Waals surface area contributed by atoms with Crippen molar-refractivity contribution in [1.29, 1.82) is 0 Å². The van der Waals surface area contributed by atoms with Gasteiger partial charge in [-0.15, -0.1) is 0 Å². The van der Waals surface area contributed by atoms with Crippen LogP contribution in [0.2, 0.25) is 5.02 Å². The summed E-state index contributed by atoms with van der Waals surface area (Å²) in [7, 11) is 0. The molecule has 1 N–H and O–H groups in total. The molecule has 5 nitrogen and oxygen atoms in total. The minimum absolute atomic E-state index is 0.00410. The molecule has 1 heterocycles. The first-order valence-corrected chi connectivity index (χ1v) is 5.79. The van der Waals surface area contributed by atoms with Crippen molar-refractivity contribution in [2.45, 2.75) is 6.42 Å². The zero-order valence-corrected chi connectivity index (χ0v) is 9.85. The van der Waals surface area contributed by atoms with Crippen LogP contribution in [-0.2, 0) is 9.59 Å². The van der Waals surface area contributed by atoms with Crippen molar-refractivity contribution in [3.63, 3.8) is 0 Å². The Morgan fingerprint density at radius 1 is 1.28 bits per heavy atom. The van der Waals surface area contributed by atoms with E-state index in [4.69, 9.17) is 16.7 Å². The molecule has 2 fully saturated rings. The molecule has 2 aliphatic rings. The number of imide groups is 1. The molecule has 18 heavy (non-hydrogen) atoms. The van der Waals surface area contributed by atoms with Gasteiger partial charge in [-0.2, -0.15) is 0 Å². The molecule has 0 bridgehead atoms. The van der Waals surface area contributed by atoms with Gasteiger partial charge in [-0.3, -0.25) is 9.59 Å². The van der Waals surface area contributed by atoms with Gasteiger partial charge in [0.05, 0.1) is 28.1 Å². The fraction of sp³-hybridized carbons (Fsp3) is 0.250. The summed E-state index contributed by atoms with van der Waals surface area (Å²) < 4.78 is 0. The summed E-state index contributed by atoms with van der Waals surface area (Å²) in [4.78, 5) is 35.7. The van der Waals surface area contributed by atoms with E-state index in [2.05, 4.69) is 0 Å². The predicted octanol–water partition coefficient (Wildman–Crippen LogP) is 1.55. The third kappa shape index (κ3) is 1.44. The van der Waals surface area contributed by atoms with Crippen LogP contribution in [0.5, 0.6) is 0 Å². The van der Waals surface area contributed by atoms with Gasteiger partial charge in [-0.25, -0.2) is 9.69 Å². The van der Waals surface area contributed by atoms with Crippen molar-refractivity contribution in [3.8, 4) is 0 Å². The van der Waals surface area contributed by atoms with Crippen LogP contribution >= 0.6 is 11.6 Å². The summed E-state index contributed by atoms with van der Waals surface area (Å²) in [6.45, 7) is 0. The monoisotopic (exact) mass is 265 g/mol. The molecule has 2 unspecified atom stereocenters. The van der Waals surface area contributed by atoms with E-state index in [1.165, 1.54) is 18.2 Å². The van der Waals surface area contributed by atoms with Crippen molar-refractivity contribution in [1.82, 2.24) is 0 Å². The maximum absolute atomic E-state index is 11.9. The molecule has 1 saturated carbocycles. The highest BCUT2D eigenvalue weighted by Crippen LogP contribution is 2.49. The van der Waals surface area contributed by atoms with Gasteiger partial charge < -0.3 is 5.11 Å². The maximum atomic E-state index is 11.9. The summed E-state index contributed by atoms with van der Waals surface area (Å²) in [5.41, 5.74) is 0.161. The summed E-state index contributed by atoms with van der Waals surface area (Å²) in [5.74, 6) is -2.16. The smallest absolute Gasteiger partial charge is 0.335 e. The Kier molecular flexibility index (Phi) is 2.22. The third-order valence-corrected chi connectivity index (χ3v) is 3.62. The number of hydrogen-bond acceptors (Lipinski definition) is 3. The minimum atomic E-state index is -1.13. The van der Waals surface area contributed by atoms with Gasteiger partial charge in [0.15, 0.2) is 0 Å². The number of nitrogens with zero attached hydrogens (tertiary/aromatic N) is 1. The zero-order chi connectivity index (χ0) is 13.0. The van der Waals surface area contributed by atoms with E-state index in [0.717, 1.165) is 4.90 Å². The number of anilines is 1. The van der Waals surface area contributed by atoms with E-state index < -0.39 is 5.97 Å². The van der Waals surface area contributed by atoms with Gasteiger partial charge in [-0.05, 0) is 24.6 Å². The van der Waals surface area contributed by atoms with Gasteiger partial charge in [0, 0.05) is 0 Å². The van der Waals surface area contributed by atoms with Crippen molar-refractivity contribution in [2.75, 3.05) is 4.90 Å². The lowest BCUT2D eigenvalue weighted by atomic mass is 10.2. The Labute approximate surface area is 107 Å². The molecule has 1 aliphatic heterocycles. The van der Waals surface area contributed by atoms with Crippen molar-refractivity contribution < 1.29 is 19.5 Å². The molecule has 1 aliphatic carbocycles. The number of amides is 2. The predicted molar refractivity (Wildman–Crippen MR) is 62.5 cm³/mol. The summed E-state index contributed by atoms with van der Waals surface area (Å²) in [6.07, 6.45) is 0.602. The Balaban J connectivity index is 2.06. The van der Waals surface area contributed by atoms with Gasteiger partial charge in [0.2, 0.25) is 11.8 Å². The first kappa shape index (κ1) is 11.2. The second-order valence-electron chi connectivity index (χ2n) is 4.43. The quantitative estimate of drug-likeness (QED) is 0.823. The molecule has 3 rings (SSSR count). The molecular formula is C12H8ClNO4. The number of hydrogen-bond donors (Lipinski definition) is 1. The zero-order valence-electron chi connectivity index (χ0n) is 9.09. The van der Waals surface area contributed by atoms with Crippen LogP contribution in [0.25, 0.3) is 0 Å². The van der Waals surface area contributed by atoms with Gasteiger partial charge in [0.25, 0.3) is 0 Å². The van der Waals surface area contributed by atoms with Crippen LogP contribution in [0.1, 0.15) is 16.8 Å².